The largest absolute Gasteiger partial charge is 0.626 e. The quantitative estimate of drug-likeness (QED) is 0.119. The molecule has 198 valence electrons. The van der Waals surface area contributed by atoms with Gasteiger partial charge in [-0.15, -0.1) is 0 Å². The Morgan fingerprint density at radius 3 is 2.69 bits per heavy atom. The van der Waals surface area contributed by atoms with E-state index in [1.165, 1.54) is 5.56 Å². The number of hydroxylamine groups is 2. The number of quaternary nitrogens is 1. The topological polar surface area (TPSA) is 102 Å². The van der Waals surface area contributed by atoms with E-state index in [0.29, 0.717) is 11.3 Å². The zero-order valence-corrected chi connectivity index (χ0v) is 22.0. The zero-order chi connectivity index (χ0) is 27.1. The molecule has 2 heterocycles. The van der Waals surface area contributed by atoms with Crippen LogP contribution < -0.4 is 15.3 Å². The molecule has 0 radical (unpaired) electrons. The Morgan fingerprint density at radius 1 is 1.08 bits per heavy atom. The normalized spacial score (nSPS) is 21.8. The van der Waals surface area contributed by atoms with E-state index in [1.54, 1.807) is 12.1 Å². The van der Waals surface area contributed by atoms with Crippen molar-refractivity contribution in [3.8, 4) is 0 Å². The lowest BCUT2D eigenvalue weighted by Crippen LogP contribution is -2.53. The van der Waals surface area contributed by atoms with Crippen LogP contribution in [0.25, 0.3) is 10.8 Å². The lowest BCUT2D eigenvalue weighted by atomic mass is 9.91. The van der Waals surface area contributed by atoms with Gasteiger partial charge in [0.25, 0.3) is 0 Å². The molecular weight excluding hydrogens is 488 g/mol. The molecule has 3 N–H and O–H groups in total. The van der Waals surface area contributed by atoms with Gasteiger partial charge in [-0.25, -0.2) is 4.79 Å². The fourth-order valence-electron chi connectivity index (χ4n) is 6.17. The fraction of sp³-hybridized carbons (Fsp3) is 0.250. The van der Waals surface area contributed by atoms with Crippen molar-refractivity contribution in [2.45, 2.75) is 31.3 Å². The van der Waals surface area contributed by atoms with Gasteiger partial charge in [-0.2, -0.15) is 0 Å². The molecule has 2 aliphatic rings. The molecule has 0 saturated carbocycles. The summed E-state index contributed by atoms with van der Waals surface area (Å²) in [5.74, 6) is -0.509. The number of nitrogens with one attached hydrogen (secondary N) is 1. The Kier molecular flexibility index (Phi) is 6.33. The summed E-state index contributed by atoms with van der Waals surface area (Å²) in [5.41, 5.74) is 10.7. The first-order valence-electron chi connectivity index (χ1n) is 13.3. The zero-order valence-electron chi connectivity index (χ0n) is 22.0. The third-order valence-corrected chi connectivity index (χ3v) is 8.31. The Hall–Kier alpha value is -4.20. The van der Waals surface area contributed by atoms with Crippen LogP contribution in [0.5, 0.6) is 0 Å². The van der Waals surface area contributed by atoms with Crippen LogP contribution in [0.2, 0.25) is 0 Å². The predicted octanol–water partition coefficient (Wildman–Crippen LogP) is 5.22. The molecule has 7 heteroatoms. The average Bonchev–Trinajstić information content (AvgIpc) is 3.24. The third-order valence-electron chi connectivity index (χ3n) is 8.31. The van der Waals surface area contributed by atoms with Gasteiger partial charge in [0, 0.05) is 54.4 Å². The Morgan fingerprint density at radius 2 is 1.85 bits per heavy atom. The number of amidine groups is 1. The smallest absolute Gasteiger partial charge is 0.366 e. The number of nitrogens with zero attached hydrogens (tertiary/aromatic N) is 2. The lowest BCUT2D eigenvalue weighted by molar-refractivity contribution is -0.149. The number of benzene rings is 4. The summed E-state index contributed by atoms with van der Waals surface area (Å²) in [4.78, 5) is 15.9. The highest BCUT2D eigenvalue weighted by Crippen LogP contribution is 2.42. The molecule has 0 bridgehead atoms. The van der Waals surface area contributed by atoms with Gasteiger partial charge in [0.2, 0.25) is 0 Å². The summed E-state index contributed by atoms with van der Waals surface area (Å²) in [6.45, 7) is 1.20. The minimum absolute atomic E-state index is 0.0759. The first-order valence-corrected chi connectivity index (χ1v) is 13.3. The molecule has 4 aromatic carbocycles. The number of para-hydroxylation sites is 1. The van der Waals surface area contributed by atoms with E-state index in [4.69, 9.17) is 15.9 Å². The maximum absolute atomic E-state index is 14.9. The van der Waals surface area contributed by atoms with Crippen molar-refractivity contribution in [3.05, 3.63) is 112 Å². The minimum Gasteiger partial charge on any atom is -0.626 e. The Balaban J connectivity index is 1.33. The third kappa shape index (κ3) is 4.43. The van der Waals surface area contributed by atoms with Crippen molar-refractivity contribution >= 4 is 34.0 Å². The number of esters is 1. The number of rotatable bonds is 6. The van der Waals surface area contributed by atoms with E-state index in [2.05, 4.69) is 24.1 Å². The van der Waals surface area contributed by atoms with Gasteiger partial charge >= 0.3 is 5.97 Å². The van der Waals surface area contributed by atoms with Crippen LogP contribution in [0, 0.1) is 10.6 Å². The minimum atomic E-state index is -0.942. The molecule has 4 aromatic rings. The predicted molar refractivity (Wildman–Crippen MR) is 156 cm³/mol. The van der Waals surface area contributed by atoms with E-state index in [9.17, 15) is 10.0 Å². The van der Waals surface area contributed by atoms with Gasteiger partial charge in [0.1, 0.15) is 18.1 Å². The number of carbonyl (C=O) groups is 1. The second-order valence-corrected chi connectivity index (χ2v) is 10.7. The molecular formula is C32H32N4O3. The molecule has 0 amide bonds. The molecule has 0 aromatic heterocycles. The Bertz CT molecular complexity index is 1580. The van der Waals surface area contributed by atoms with Crippen LogP contribution in [0.3, 0.4) is 0 Å². The van der Waals surface area contributed by atoms with E-state index in [0.717, 1.165) is 40.6 Å². The summed E-state index contributed by atoms with van der Waals surface area (Å²) in [6, 6.07) is 26.4. The van der Waals surface area contributed by atoms with Gasteiger partial charge in [-0.3, -0.25) is 5.41 Å². The van der Waals surface area contributed by atoms with Crippen LogP contribution in [0.1, 0.15) is 34.6 Å². The number of ether oxygens (including phenoxy) is 1. The second-order valence-electron chi connectivity index (χ2n) is 10.7. The summed E-state index contributed by atoms with van der Waals surface area (Å²) >= 11 is 0. The molecule has 0 spiro atoms. The van der Waals surface area contributed by atoms with E-state index in [-0.39, 0.29) is 31.3 Å². The van der Waals surface area contributed by atoms with E-state index >= 15 is 0 Å². The van der Waals surface area contributed by atoms with Gasteiger partial charge < -0.3 is 25.2 Å². The van der Waals surface area contributed by atoms with Crippen molar-refractivity contribution < 1.29 is 9.53 Å². The highest BCUT2D eigenvalue weighted by Gasteiger charge is 2.46. The van der Waals surface area contributed by atoms with Crippen molar-refractivity contribution in [3.63, 3.8) is 0 Å². The lowest BCUT2D eigenvalue weighted by Gasteiger charge is -2.43. The molecule has 0 saturated heterocycles. The van der Waals surface area contributed by atoms with Crippen molar-refractivity contribution in [2.24, 2.45) is 5.73 Å². The molecule has 0 aliphatic carbocycles. The highest BCUT2D eigenvalue weighted by atomic mass is 16.6. The number of carbonyl (C=O) groups excluding carboxylic acids is 1. The van der Waals surface area contributed by atoms with E-state index in [1.807, 2.05) is 60.7 Å². The molecule has 2 aliphatic heterocycles. The molecule has 7 nitrogen and oxygen atoms in total. The molecule has 39 heavy (non-hydrogen) atoms. The molecule has 6 rings (SSSR count). The average molecular weight is 521 g/mol. The number of nitrogen functional groups attached to an aromatic ring is 1. The van der Waals surface area contributed by atoms with Crippen LogP contribution in [-0.4, -0.2) is 38.0 Å². The summed E-state index contributed by atoms with van der Waals surface area (Å²) in [7, 11) is 2.07. The van der Waals surface area contributed by atoms with Crippen LogP contribution in [0.15, 0.2) is 84.9 Å². The van der Waals surface area contributed by atoms with Gasteiger partial charge in [-0.1, -0.05) is 72.8 Å². The SMILES string of the molecule is CN1CC[C@H](COC(=O)C2Cc3ccc(C(=N)N)cc3[N+]2([O-])Cc2cccc3ccccc23)c2ccccc21. The molecule has 0 fully saturated rings. The second kappa shape index (κ2) is 9.84. The first kappa shape index (κ1) is 25.1. The monoisotopic (exact) mass is 520 g/mol. The van der Waals surface area contributed by atoms with Crippen molar-refractivity contribution in [1.82, 2.24) is 4.65 Å². The number of nitrogens with two attached hydrogens (primary N) is 1. The first-order chi connectivity index (χ1) is 18.8. The maximum atomic E-state index is 14.9. The van der Waals surface area contributed by atoms with Gasteiger partial charge in [0.05, 0.1) is 6.61 Å². The van der Waals surface area contributed by atoms with Crippen LogP contribution >= 0.6 is 0 Å². The number of hydrogen-bond acceptors (Lipinski definition) is 5. The van der Waals surface area contributed by atoms with Gasteiger partial charge in [0.15, 0.2) is 6.04 Å². The van der Waals surface area contributed by atoms with E-state index < -0.39 is 16.7 Å². The van der Waals surface area contributed by atoms with Crippen LogP contribution in [0.4, 0.5) is 11.4 Å². The summed E-state index contributed by atoms with van der Waals surface area (Å²) < 4.78 is 5.08. The highest BCUT2D eigenvalue weighted by molar-refractivity contribution is 5.96. The van der Waals surface area contributed by atoms with Crippen molar-refractivity contribution in [2.75, 3.05) is 25.1 Å². The van der Waals surface area contributed by atoms with Crippen LogP contribution in [-0.2, 0) is 22.5 Å². The Labute approximate surface area is 228 Å². The standard InChI is InChI=1S/C32H32N4O3/c1-35-16-15-25(27-11-4-5-12-28(27)35)20-39-32(37)30-17-22-13-14-23(31(33)34)18-29(22)36(30,38)19-24-9-6-8-21-7-2-3-10-26(21)24/h2-14,18,25,30H,15-17,19-20H2,1H3,(H3,33,34)/t25-,30?,36?/m1/s1. The van der Waals surface area contributed by atoms with Crippen molar-refractivity contribution in [1.29, 1.82) is 5.41 Å². The molecule has 3 atom stereocenters. The summed E-state index contributed by atoms with van der Waals surface area (Å²) in [6.07, 6.45) is 1.16. The number of hydrogen-bond donors (Lipinski definition) is 2. The number of fused-ring (bicyclic) bond motifs is 3. The maximum Gasteiger partial charge on any atom is 0.366 e. The van der Waals surface area contributed by atoms with Gasteiger partial charge in [-0.05, 0) is 28.8 Å². The fourth-order valence-corrected chi connectivity index (χ4v) is 6.17. The molecule has 2 unspecified atom stereocenters. The summed E-state index contributed by atoms with van der Waals surface area (Å²) in [5, 5.41) is 24.8. The number of anilines is 1.